The molecule has 0 saturated carbocycles. The molecule has 2 unspecified atom stereocenters. The molecule has 0 aromatic heterocycles. The minimum Gasteiger partial charge on any atom is -0.480 e. The smallest absolute Gasteiger partial charge is 0.326 e. The Balaban J connectivity index is 2.39. The SMILES string of the molecule is CC(N)(C(=O)O)C(O)CCCc1ccccc1. The number of rotatable bonds is 6. The maximum atomic E-state index is 10.8. The quantitative estimate of drug-likeness (QED) is 0.693. The van der Waals surface area contributed by atoms with Crippen molar-refractivity contribution in [2.24, 2.45) is 5.73 Å². The van der Waals surface area contributed by atoms with Crippen LogP contribution in [0.2, 0.25) is 0 Å². The fourth-order valence-corrected chi connectivity index (χ4v) is 1.59. The number of hydrogen-bond donors (Lipinski definition) is 3. The Kier molecular flexibility index (Phi) is 4.66. The zero-order valence-corrected chi connectivity index (χ0v) is 9.97. The second-order valence-corrected chi connectivity index (χ2v) is 4.48. The third kappa shape index (κ3) is 3.84. The standard InChI is InChI=1S/C13H19NO3/c1-13(14,12(16)17)11(15)9-5-8-10-6-3-2-4-7-10/h2-4,6-7,11,15H,5,8-9,14H2,1H3,(H,16,17). The van der Waals surface area contributed by atoms with Gasteiger partial charge in [0.1, 0.15) is 5.54 Å². The normalized spacial score (nSPS) is 16.2. The van der Waals surface area contributed by atoms with E-state index >= 15 is 0 Å². The second-order valence-electron chi connectivity index (χ2n) is 4.48. The number of hydrogen-bond acceptors (Lipinski definition) is 3. The maximum Gasteiger partial charge on any atom is 0.326 e. The van der Waals surface area contributed by atoms with E-state index in [-0.39, 0.29) is 0 Å². The Morgan fingerprint density at radius 1 is 1.41 bits per heavy atom. The minimum atomic E-state index is -1.57. The lowest BCUT2D eigenvalue weighted by Gasteiger charge is -2.25. The number of benzene rings is 1. The van der Waals surface area contributed by atoms with E-state index in [1.165, 1.54) is 12.5 Å². The summed E-state index contributed by atoms with van der Waals surface area (Å²) in [6, 6.07) is 9.86. The van der Waals surface area contributed by atoms with Crippen LogP contribution < -0.4 is 5.73 Å². The first-order valence-corrected chi connectivity index (χ1v) is 5.69. The molecule has 17 heavy (non-hydrogen) atoms. The van der Waals surface area contributed by atoms with Gasteiger partial charge in [-0.25, -0.2) is 0 Å². The van der Waals surface area contributed by atoms with Crippen molar-refractivity contribution in [3.05, 3.63) is 35.9 Å². The van der Waals surface area contributed by atoms with Gasteiger partial charge in [-0.15, -0.1) is 0 Å². The van der Waals surface area contributed by atoms with Crippen LogP contribution in [-0.4, -0.2) is 27.8 Å². The lowest BCUT2D eigenvalue weighted by Crippen LogP contribution is -2.54. The van der Waals surface area contributed by atoms with Crippen molar-refractivity contribution in [2.75, 3.05) is 0 Å². The number of aliphatic hydroxyl groups is 1. The Morgan fingerprint density at radius 3 is 2.53 bits per heavy atom. The third-order valence-corrected chi connectivity index (χ3v) is 2.94. The molecule has 1 aromatic carbocycles. The van der Waals surface area contributed by atoms with E-state index in [1.54, 1.807) is 0 Å². The number of aryl methyl sites for hydroxylation is 1. The molecule has 4 N–H and O–H groups in total. The number of carbonyl (C=O) groups is 1. The van der Waals surface area contributed by atoms with Gasteiger partial charge in [0, 0.05) is 0 Å². The lowest BCUT2D eigenvalue weighted by atomic mass is 9.91. The molecule has 0 fully saturated rings. The highest BCUT2D eigenvalue weighted by molar-refractivity contribution is 5.78. The minimum absolute atomic E-state index is 0.383. The highest BCUT2D eigenvalue weighted by Gasteiger charge is 2.35. The van der Waals surface area contributed by atoms with Crippen LogP contribution in [0.3, 0.4) is 0 Å². The molecule has 94 valence electrons. The molecule has 4 heteroatoms. The summed E-state index contributed by atoms with van der Waals surface area (Å²) < 4.78 is 0. The van der Waals surface area contributed by atoms with Gasteiger partial charge in [-0.05, 0) is 31.7 Å². The zero-order chi connectivity index (χ0) is 12.9. The van der Waals surface area contributed by atoms with Crippen molar-refractivity contribution >= 4 is 5.97 Å². The molecule has 0 aliphatic carbocycles. The van der Waals surface area contributed by atoms with Crippen LogP contribution in [0.25, 0.3) is 0 Å². The van der Waals surface area contributed by atoms with Crippen molar-refractivity contribution in [3.8, 4) is 0 Å². The van der Waals surface area contributed by atoms with Gasteiger partial charge in [-0.3, -0.25) is 4.79 Å². The number of aliphatic carboxylic acids is 1. The van der Waals surface area contributed by atoms with Crippen molar-refractivity contribution in [1.29, 1.82) is 0 Å². The Bertz CT molecular complexity index is 362. The van der Waals surface area contributed by atoms with Gasteiger partial charge in [0.05, 0.1) is 6.10 Å². The monoisotopic (exact) mass is 237 g/mol. The highest BCUT2D eigenvalue weighted by atomic mass is 16.4. The van der Waals surface area contributed by atoms with E-state index in [4.69, 9.17) is 10.8 Å². The number of carboxylic acid groups (broad SMARTS) is 1. The Hall–Kier alpha value is -1.39. The molecule has 2 atom stereocenters. The average molecular weight is 237 g/mol. The van der Waals surface area contributed by atoms with Crippen molar-refractivity contribution < 1.29 is 15.0 Å². The number of carboxylic acids is 1. The van der Waals surface area contributed by atoms with Gasteiger partial charge in [0.2, 0.25) is 0 Å². The molecule has 0 heterocycles. The van der Waals surface area contributed by atoms with E-state index in [0.717, 1.165) is 6.42 Å². The predicted molar refractivity (Wildman–Crippen MR) is 65.6 cm³/mol. The Morgan fingerprint density at radius 2 is 2.00 bits per heavy atom. The molecule has 0 aliphatic heterocycles. The van der Waals surface area contributed by atoms with E-state index < -0.39 is 17.6 Å². The van der Waals surface area contributed by atoms with Crippen LogP contribution in [0.15, 0.2) is 30.3 Å². The molecular weight excluding hydrogens is 218 g/mol. The first kappa shape index (κ1) is 13.7. The van der Waals surface area contributed by atoms with Gasteiger partial charge < -0.3 is 15.9 Å². The fourth-order valence-electron chi connectivity index (χ4n) is 1.59. The van der Waals surface area contributed by atoms with Gasteiger partial charge in [-0.1, -0.05) is 30.3 Å². The summed E-state index contributed by atoms with van der Waals surface area (Å²) >= 11 is 0. The van der Waals surface area contributed by atoms with Gasteiger partial charge in [-0.2, -0.15) is 0 Å². The molecular formula is C13H19NO3. The first-order valence-electron chi connectivity index (χ1n) is 5.69. The topological polar surface area (TPSA) is 83.6 Å². The summed E-state index contributed by atoms with van der Waals surface area (Å²) in [6.45, 7) is 1.34. The lowest BCUT2D eigenvalue weighted by molar-refractivity contribution is -0.147. The van der Waals surface area contributed by atoms with Crippen LogP contribution in [0, 0.1) is 0 Å². The molecule has 1 aromatic rings. The fraction of sp³-hybridized carbons (Fsp3) is 0.462. The van der Waals surface area contributed by atoms with E-state index in [2.05, 4.69) is 0 Å². The van der Waals surface area contributed by atoms with Crippen LogP contribution >= 0.6 is 0 Å². The van der Waals surface area contributed by atoms with Crippen molar-refractivity contribution in [1.82, 2.24) is 0 Å². The van der Waals surface area contributed by atoms with Crippen LogP contribution in [0.4, 0.5) is 0 Å². The van der Waals surface area contributed by atoms with Gasteiger partial charge >= 0.3 is 5.97 Å². The van der Waals surface area contributed by atoms with Gasteiger partial charge in [0.25, 0.3) is 0 Å². The average Bonchev–Trinajstić information content (AvgIpc) is 2.30. The molecule has 0 spiro atoms. The zero-order valence-electron chi connectivity index (χ0n) is 9.97. The second kappa shape index (κ2) is 5.80. The van der Waals surface area contributed by atoms with Crippen molar-refractivity contribution in [3.63, 3.8) is 0 Å². The summed E-state index contributed by atoms with van der Waals surface area (Å²) in [4.78, 5) is 10.8. The van der Waals surface area contributed by atoms with E-state index in [9.17, 15) is 9.90 Å². The number of nitrogens with two attached hydrogens (primary N) is 1. The van der Waals surface area contributed by atoms with Crippen LogP contribution in [0.1, 0.15) is 25.3 Å². The summed E-state index contributed by atoms with van der Waals surface area (Å²) in [5, 5.41) is 18.6. The molecule has 4 nitrogen and oxygen atoms in total. The van der Waals surface area contributed by atoms with Gasteiger partial charge in [0.15, 0.2) is 0 Å². The Labute approximate surface area is 101 Å². The summed E-state index contributed by atoms with van der Waals surface area (Å²) in [6.07, 6.45) is 0.885. The van der Waals surface area contributed by atoms with Crippen LogP contribution in [0.5, 0.6) is 0 Å². The third-order valence-electron chi connectivity index (χ3n) is 2.94. The highest BCUT2D eigenvalue weighted by Crippen LogP contribution is 2.14. The predicted octanol–water partition coefficient (Wildman–Crippen LogP) is 1.17. The molecule has 1 rings (SSSR count). The van der Waals surface area contributed by atoms with Crippen LogP contribution in [-0.2, 0) is 11.2 Å². The first-order chi connectivity index (χ1) is 7.94. The molecule has 0 bridgehead atoms. The number of aliphatic hydroxyl groups excluding tert-OH is 1. The van der Waals surface area contributed by atoms with E-state index in [1.807, 2.05) is 30.3 Å². The molecule has 0 amide bonds. The molecule has 0 aliphatic rings. The summed E-state index contributed by atoms with van der Waals surface area (Å²) in [5.41, 5.74) is 5.14. The molecule has 0 radical (unpaired) electrons. The largest absolute Gasteiger partial charge is 0.480 e. The summed E-state index contributed by atoms with van der Waals surface area (Å²) in [5.74, 6) is -1.18. The maximum absolute atomic E-state index is 10.8. The summed E-state index contributed by atoms with van der Waals surface area (Å²) in [7, 11) is 0. The van der Waals surface area contributed by atoms with E-state index in [0.29, 0.717) is 12.8 Å². The van der Waals surface area contributed by atoms with Crippen molar-refractivity contribution in [2.45, 2.75) is 37.8 Å². The molecule has 0 saturated heterocycles.